The van der Waals surface area contributed by atoms with Crippen molar-refractivity contribution < 1.29 is 23.9 Å². The highest BCUT2D eigenvalue weighted by Gasteiger charge is 2.14. The summed E-state index contributed by atoms with van der Waals surface area (Å²) in [5.74, 6) is -1.52. The van der Waals surface area contributed by atoms with Gasteiger partial charge >= 0.3 is 11.8 Å². The van der Waals surface area contributed by atoms with Gasteiger partial charge in [-0.25, -0.2) is 5.43 Å². The predicted molar refractivity (Wildman–Crippen MR) is 137 cm³/mol. The number of nitrogens with one attached hydrogen (secondary N) is 3. The molecule has 0 saturated heterocycles. The largest absolute Gasteiger partial charge is 0.493 e. The van der Waals surface area contributed by atoms with Gasteiger partial charge in [0.15, 0.2) is 18.1 Å². The van der Waals surface area contributed by atoms with Crippen molar-refractivity contribution in [2.75, 3.05) is 19.0 Å². The molecule has 0 radical (unpaired) electrons. The molecule has 3 amide bonds. The minimum absolute atomic E-state index is 0.158. The van der Waals surface area contributed by atoms with Gasteiger partial charge in [0.25, 0.3) is 5.91 Å². The van der Waals surface area contributed by atoms with Crippen molar-refractivity contribution in [1.82, 2.24) is 10.7 Å². The summed E-state index contributed by atoms with van der Waals surface area (Å²) in [7, 11) is 1.46. The Balaban J connectivity index is 1.58. The highest BCUT2D eigenvalue weighted by Crippen LogP contribution is 2.30. The molecule has 0 aliphatic carbocycles. The Morgan fingerprint density at radius 2 is 1.72 bits per heavy atom. The molecule has 0 aliphatic heterocycles. The van der Waals surface area contributed by atoms with E-state index in [9.17, 15) is 14.4 Å². The standard InChI is InChI=1S/C26H25ClN4O5/c1-17-6-3-4-8-21(17)30-23(32)16-36-24-19(7-5-9-22(24)35-2)15-29-31-26(34)25(33)28-14-18-10-12-20(27)13-11-18/h3-13,15H,14,16H2,1-2H3,(H,28,33)(H,30,32)(H,31,34)/b29-15-. The summed E-state index contributed by atoms with van der Waals surface area (Å²) in [6.45, 7) is 1.76. The van der Waals surface area contributed by atoms with Crippen LogP contribution >= 0.6 is 11.6 Å². The molecule has 0 bridgehead atoms. The van der Waals surface area contributed by atoms with Gasteiger partial charge in [-0.3, -0.25) is 14.4 Å². The van der Waals surface area contributed by atoms with Crippen molar-refractivity contribution >= 4 is 41.2 Å². The van der Waals surface area contributed by atoms with Gasteiger partial charge < -0.3 is 20.1 Å². The summed E-state index contributed by atoms with van der Waals surface area (Å²) in [4.78, 5) is 36.5. The average molecular weight is 509 g/mol. The number of methoxy groups -OCH3 is 1. The normalized spacial score (nSPS) is 10.5. The van der Waals surface area contributed by atoms with E-state index in [1.807, 2.05) is 25.1 Å². The fourth-order valence-corrected chi connectivity index (χ4v) is 3.19. The second-order valence-corrected chi connectivity index (χ2v) is 7.98. The van der Waals surface area contributed by atoms with Gasteiger partial charge in [0.2, 0.25) is 0 Å². The number of nitrogens with zero attached hydrogens (tertiary/aromatic N) is 1. The number of para-hydroxylation sites is 2. The quantitative estimate of drug-likeness (QED) is 0.232. The molecular weight excluding hydrogens is 484 g/mol. The number of hydrogen-bond acceptors (Lipinski definition) is 6. The molecule has 3 aromatic carbocycles. The Morgan fingerprint density at radius 1 is 0.972 bits per heavy atom. The molecule has 9 nitrogen and oxygen atoms in total. The SMILES string of the molecule is COc1cccc(/C=N\NC(=O)C(=O)NCc2ccc(Cl)cc2)c1OCC(=O)Nc1ccccc1C. The van der Waals surface area contributed by atoms with Crippen LogP contribution in [0.2, 0.25) is 5.02 Å². The summed E-state index contributed by atoms with van der Waals surface area (Å²) in [6, 6.07) is 19.3. The van der Waals surface area contributed by atoms with Gasteiger partial charge in [-0.1, -0.05) is 48.0 Å². The zero-order valence-corrected chi connectivity index (χ0v) is 20.5. The Bertz CT molecular complexity index is 1260. The fraction of sp³-hybridized carbons (Fsp3) is 0.154. The van der Waals surface area contributed by atoms with E-state index in [-0.39, 0.29) is 24.8 Å². The van der Waals surface area contributed by atoms with Gasteiger partial charge in [-0.15, -0.1) is 0 Å². The highest BCUT2D eigenvalue weighted by atomic mass is 35.5. The van der Waals surface area contributed by atoms with Crippen LogP contribution in [0.25, 0.3) is 0 Å². The summed E-state index contributed by atoms with van der Waals surface area (Å²) >= 11 is 5.83. The first-order chi connectivity index (χ1) is 17.4. The third-order valence-corrected chi connectivity index (χ3v) is 5.19. The Labute approximate surface area is 213 Å². The van der Waals surface area contributed by atoms with Crippen LogP contribution in [0.5, 0.6) is 11.5 Å². The van der Waals surface area contributed by atoms with Crippen LogP contribution < -0.4 is 25.5 Å². The summed E-state index contributed by atoms with van der Waals surface area (Å²) in [6.07, 6.45) is 1.29. The third kappa shape index (κ3) is 7.57. The number of aryl methyl sites for hydroxylation is 1. The lowest BCUT2D eigenvalue weighted by molar-refractivity contribution is -0.139. The second kappa shape index (κ2) is 12.9. The molecule has 10 heteroatoms. The Morgan fingerprint density at radius 3 is 2.44 bits per heavy atom. The molecule has 0 fully saturated rings. The van der Waals surface area contributed by atoms with E-state index in [4.69, 9.17) is 21.1 Å². The van der Waals surface area contributed by atoms with Gasteiger partial charge in [-0.05, 0) is 48.4 Å². The van der Waals surface area contributed by atoms with Gasteiger partial charge in [-0.2, -0.15) is 5.10 Å². The predicted octanol–water partition coefficient (Wildman–Crippen LogP) is 3.44. The first-order valence-electron chi connectivity index (χ1n) is 10.9. The van der Waals surface area contributed by atoms with Crippen LogP contribution in [0.3, 0.4) is 0 Å². The number of ether oxygens (including phenoxy) is 2. The average Bonchev–Trinajstić information content (AvgIpc) is 2.88. The number of anilines is 1. The highest BCUT2D eigenvalue weighted by molar-refractivity contribution is 6.35. The molecule has 0 spiro atoms. The summed E-state index contributed by atoms with van der Waals surface area (Å²) < 4.78 is 11.0. The molecule has 0 saturated carbocycles. The van der Waals surface area contributed by atoms with Crippen molar-refractivity contribution in [1.29, 1.82) is 0 Å². The minimum atomic E-state index is -0.941. The summed E-state index contributed by atoms with van der Waals surface area (Å²) in [5.41, 5.74) is 4.99. The van der Waals surface area contributed by atoms with Crippen LogP contribution in [0.4, 0.5) is 5.69 Å². The van der Waals surface area contributed by atoms with Crippen LogP contribution in [-0.2, 0) is 20.9 Å². The third-order valence-electron chi connectivity index (χ3n) is 4.94. The van der Waals surface area contributed by atoms with E-state index in [1.54, 1.807) is 48.5 Å². The minimum Gasteiger partial charge on any atom is -0.493 e. The number of hydrogen-bond donors (Lipinski definition) is 3. The molecule has 0 heterocycles. The topological polar surface area (TPSA) is 118 Å². The number of carbonyl (C=O) groups excluding carboxylic acids is 3. The summed E-state index contributed by atoms with van der Waals surface area (Å²) in [5, 5.41) is 9.69. The molecule has 0 unspecified atom stereocenters. The molecule has 3 aromatic rings. The van der Waals surface area contributed by atoms with E-state index in [2.05, 4.69) is 21.2 Å². The van der Waals surface area contributed by atoms with Gasteiger partial charge in [0.1, 0.15) is 0 Å². The van der Waals surface area contributed by atoms with Crippen LogP contribution in [0.15, 0.2) is 71.8 Å². The van der Waals surface area contributed by atoms with Crippen molar-refractivity contribution in [3.05, 3.63) is 88.4 Å². The van der Waals surface area contributed by atoms with E-state index in [0.717, 1.165) is 11.1 Å². The van der Waals surface area contributed by atoms with Crippen molar-refractivity contribution in [3.8, 4) is 11.5 Å². The molecule has 3 rings (SSSR count). The number of amides is 3. The van der Waals surface area contributed by atoms with Crippen molar-refractivity contribution in [2.45, 2.75) is 13.5 Å². The maximum absolute atomic E-state index is 12.4. The smallest absolute Gasteiger partial charge is 0.329 e. The Kier molecular flexibility index (Phi) is 9.41. The fourth-order valence-electron chi connectivity index (χ4n) is 3.06. The number of benzene rings is 3. The van der Waals surface area contributed by atoms with Gasteiger partial charge in [0, 0.05) is 22.8 Å². The van der Waals surface area contributed by atoms with E-state index in [1.165, 1.54) is 13.3 Å². The Hall–Kier alpha value is -4.37. The first kappa shape index (κ1) is 26.2. The van der Waals surface area contributed by atoms with Crippen molar-refractivity contribution in [3.63, 3.8) is 0 Å². The molecule has 0 aromatic heterocycles. The zero-order chi connectivity index (χ0) is 25.9. The number of rotatable bonds is 9. The monoisotopic (exact) mass is 508 g/mol. The lowest BCUT2D eigenvalue weighted by Crippen LogP contribution is -2.37. The van der Waals surface area contributed by atoms with E-state index < -0.39 is 11.8 Å². The van der Waals surface area contributed by atoms with Crippen LogP contribution in [0, 0.1) is 6.92 Å². The molecule has 36 heavy (non-hydrogen) atoms. The zero-order valence-electron chi connectivity index (χ0n) is 19.7. The number of hydrazone groups is 1. The second-order valence-electron chi connectivity index (χ2n) is 7.54. The number of halogens is 1. The number of carbonyl (C=O) groups is 3. The van der Waals surface area contributed by atoms with E-state index in [0.29, 0.717) is 22.0 Å². The molecule has 3 N–H and O–H groups in total. The first-order valence-corrected chi connectivity index (χ1v) is 11.3. The maximum atomic E-state index is 12.4. The molecule has 0 aliphatic rings. The molecule has 0 atom stereocenters. The van der Waals surface area contributed by atoms with Gasteiger partial charge in [0.05, 0.1) is 13.3 Å². The molecule has 186 valence electrons. The lowest BCUT2D eigenvalue weighted by Gasteiger charge is -2.13. The van der Waals surface area contributed by atoms with Crippen molar-refractivity contribution in [2.24, 2.45) is 5.10 Å². The van der Waals surface area contributed by atoms with Crippen LogP contribution in [0.1, 0.15) is 16.7 Å². The van der Waals surface area contributed by atoms with E-state index >= 15 is 0 Å². The maximum Gasteiger partial charge on any atom is 0.329 e. The van der Waals surface area contributed by atoms with Crippen LogP contribution in [-0.4, -0.2) is 37.7 Å². The lowest BCUT2D eigenvalue weighted by atomic mass is 10.2. The molecular formula is C26H25ClN4O5.